The normalized spacial score (nSPS) is 12.1. The minimum atomic E-state index is 0.190. The molecule has 0 unspecified atom stereocenters. The van der Waals surface area contributed by atoms with Crippen molar-refractivity contribution < 1.29 is 0 Å². The standard InChI is InChI=1S/C21H28/c1-16(2)21(17(3)4,15-19-9-7-6-8-10-19)20-13-11-18(5)12-14-20/h6-14,16-17H,15H2,1-5H3. The molecule has 0 spiro atoms. The molecule has 2 aromatic rings. The lowest BCUT2D eigenvalue weighted by Gasteiger charge is -2.42. The van der Waals surface area contributed by atoms with E-state index in [2.05, 4.69) is 89.2 Å². The fraction of sp³-hybridized carbons (Fsp3) is 0.429. The molecule has 0 aromatic heterocycles. The van der Waals surface area contributed by atoms with Crippen LogP contribution in [0.25, 0.3) is 0 Å². The van der Waals surface area contributed by atoms with Crippen molar-refractivity contribution in [2.75, 3.05) is 0 Å². The van der Waals surface area contributed by atoms with Gasteiger partial charge in [0.1, 0.15) is 0 Å². The molecular formula is C21H28. The highest BCUT2D eigenvalue weighted by atomic mass is 14.4. The van der Waals surface area contributed by atoms with Crippen molar-refractivity contribution in [3.05, 3.63) is 71.3 Å². The average Bonchev–Trinajstić information content (AvgIpc) is 2.46. The molecule has 2 rings (SSSR count). The van der Waals surface area contributed by atoms with Crippen molar-refractivity contribution in [1.82, 2.24) is 0 Å². The number of benzene rings is 2. The van der Waals surface area contributed by atoms with Crippen molar-refractivity contribution in [3.63, 3.8) is 0 Å². The predicted octanol–water partition coefficient (Wildman–Crippen LogP) is 5.79. The second-order valence-electron chi connectivity index (χ2n) is 6.88. The molecule has 0 amide bonds. The van der Waals surface area contributed by atoms with E-state index in [0.29, 0.717) is 11.8 Å². The summed E-state index contributed by atoms with van der Waals surface area (Å²) >= 11 is 0. The summed E-state index contributed by atoms with van der Waals surface area (Å²) in [6.45, 7) is 11.6. The molecule has 0 fully saturated rings. The highest BCUT2D eigenvalue weighted by Gasteiger charge is 2.38. The number of rotatable bonds is 5. The zero-order valence-electron chi connectivity index (χ0n) is 14.1. The number of hydrogen-bond acceptors (Lipinski definition) is 0. The highest BCUT2D eigenvalue weighted by Crippen LogP contribution is 2.42. The molecule has 112 valence electrons. The van der Waals surface area contributed by atoms with Crippen LogP contribution in [0.4, 0.5) is 0 Å². The lowest BCUT2D eigenvalue weighted by Crippen LogP contribution is -2.40. The Bertz CT molecular complexity index is 538. The van der Waals surface area contributed by atoms with Crippen molar-refractivity contribution >= 4 is 0 Å². The van der Waals surface area contributed by atoms with Crippen LogP contribution < -0.4 is 0 Å². The molecule has 21 heavy (non-hydrogen) atoms. The summed E-state index contributed by atoms with van der Waals surface area (Å²) in [7, 11) is 0. The highest BCUT2D eigenvalue weighted by molar-refractivity contribution is 5.33. The first-order valence-corrected chi connectivity index (χ1v) is 8.08. The molecule has 0 saturated heterocycles. The average molecular weight is 280 g/mol. The number of hydrogen-bond donors (Lipinski definition) is 0. The molecule has 0 radical (unpaired) electrons. The van der Waals surface area contributed by atoms with Crippen molar-refractivity contribution in [3.8, 4) is 0 Å². The van der Waals surface area contributed by atoms with E-state index >= 15 is 0 Å². The molecule has 0 atom stereocenters. The Morgan fingerprint density at radius 1 is 0.762 bits per heavy atom. The monoisotopic (exact) mass is 280 g/mol. The molecule has 0 nitrogen and oxygen atoms in total. The lowest BCUT2D eigenvalue weighted by molar-refractivity contribution is 0.216. The largest absolute Gasteiger partial charge is 0.0622 e. The fourth-order valence-electron chi connectivity index (χ4n) is 3.64. The second kappa shape index (κ2) is 6.47. The second-order valence-corrected chi connectivity index (χ2v) is 6.88. The van der Waals surface area contributed by atoms with Crippen molar-refractivity contribution in [2.45, 2.75) is 46.5 Å². The first kappa shape index (κ1) is 15.8. The van der Waals surface area contributed by atoms with Crippen LogP contribution in [0, 0.1) is 18.8 Å². The van der Waals surface area contributed by atoms with Gasteiger partial charge < -0.3 is 0 Å². The van der Waals surface area contributed by atoms with Crippen LogP contribution in [0.3, 0.4) is 0 Å². The van der Waals surface area contributed by atoms with Crippen LogP contribution >= 0.6 is 0 Å². The SMILES string of the molecule is Cc1ccc(C(Cc2ccccc2)(C(C)C)C(C)C)cc1. The molecule has 0 heterocycles. The van der Waals surface area contributed by atoms with E-state index in [4.69, 9.17) is 0 Å². The minimum absolute atomic E-state index is 0.190. The maximum Gasteiger partial charge on any atom is 0.00392 e. The Hall–Kier alpha value is -1.56. The van der Waals surface area contributed by atoms with Gasteiger partial charge in [-0.2, -0.15) is 0 Å². The van der Waals surface area contributed by atoms with Gasteiger partial charge in [-0.15, -0.1) is 0 Å². The smallest absolute Gasteiger partial charge is 0.00392 e. The fourth-order valence-corrected chi connectivity index (χ4v) is 3.64. The molecular weight excluding hydrogens is 252 g/mol. The summed E-state index contributed by atoms with van der Waals surface area (Å²) < 4.78 is 0. The third-order valence-corrected chi connectivity index (χ3v) is 4.99. The summed E-state index contributed by atoms with van der Waals surface area (Å²) in [5, 5.41) is 0. The maximum atomic E-state index is 2.36. The number of aryl methyl sites for hydroxylation is 1. The van der Waals surface area contributed by atoms with E-state index in [9.17, 15) is 0 Å². The van der Waals surface area contributed by atoms with Crippen LogP contribution in [-0.2, 0) is 11.8 Å². The molecule has 0 saturated carbocycles. The topological polar surface area (TPSA) is 0 Å². The summed E-state index contributed by atoms with van der Waals surface area (Å²) in [6.07, 6.45) is 1.10. The van der Waals surface area contributed by atoms with Crippen LogP contribution in [0.1, 0.15) is 44.4 Å². The van der Waals surface area contributed by atoms with E-state index in [0.717, 1.165) is 6.42 Å². The van der Waals surface area contributed by atoms with Gasteiger partial charge in [-0.1, -0.05) is 87.9 Å². The van der Waals surface area contributed by atoms with Gasteiger partial charge in [0.05, 0.1) is 0 Å². The van der Waals surface area contributed by atoms with Gasteiger partial charge in [0.2, 0.25) is 0 Å². The van der Waals surface area contributed by atoms with Gasteiger partial charge in [-0.3, -0.25) is 0 Å². The first-order valence-electron chi connectivity index (χ1n) is 8.08. The first-order chi connectivity index (χ1) is 9.96. The van der Waals surface area contributed by atoms with E-state index in [1.165, 1.54) is 16.7 Å². The molecule has 0 aliphatic rings. The van der Waals surface area contributed by atoms with Gasteiger partial charge in [0, 0.05) is 5.41 Å². The van der Waals surface area contributed by atoms with Gasteiger partial charge in [-0.05, 0) is 36.3 Å². The van der Waals surface area contributed by atoms with Gasteiger partial charge in [-0.25, -0.2) is 0 Å². The summed E-state index contributed by atoms with van der Waals surface area (Å²) in [4.78, 5) is 0. The Labute approximate surface area is 130 Å². The van der Waals surface area contributed by atoms with Crippen LogP contribution in [0.2, 0.25) is 0 Å². The van der Waals surface area contributed by atoms with Crippen molar-refractivity contribution in [2.24, 2.45) is 11.8 Å². The van der Waals surface area contributed by atoms with Gasteiger partial charge in [0.25, 0.3) is 0 Å². The maximum absolute atomic E-state index is 2.36. The summed E-state index contributed by atoms with van der Waals surface area (Å²) in [6, 6.07) is 20.1. The van der Waals surface area contributed by atoms with Crippen molar-refractivity contribution in [1.29, 1.82) is 0 Å². The zero-order valence-corrected chi connectivity index (χ0v) is 14.1. The minimum Gasteiger partial charge on any atom is -0.0622 e. The quantitative estimate of drug-likeness (QED) is 0.650. The third kappa shape index (κ3) is 3.20. The Balaban J connectivity index is 2.50. The zero-order chi connectivity index (χ0) is 15.5. The molecule has 0 N–H and O–H groups in total. The van der Waals surface area contributed by atoms with E-state index in [-0.39, 0.29) is 5.41 Å². The van der Waals surface area contributed by atoms with Crippen LogP contribution in [0.15, 0.2) is 54.6 Å². The summed E-state index contributed by atoms with van der Waals surface area (Å²) in [5.74, 6) is 1.20. The van der Waals surface area contributed by atoms with Gasteiger partial charge in [0.15, 0.2) is 0 Å². The third-order valence-electron chi connectivity index (χ3n) is 4.99. The summed E-state index contributed by atoms with van der Waals surface area (Å²) in [5.41, 5.74) is 4.43. The molecule has 0 bridgehead atoms. The van der Waals surface area contributed by atoms with E-state index in [1.807, 2.05) is 0 Å². The van der Waals surface area contributed by atoms with E-state index < -0.39 is 0 Å². The Morgan fingerprint density at radius 2 is 1.29 bits per heavy atom. The Kier molecular flexibility index (Phi) is 4.88. The lowest BCUT2D eigenvalue weighted by atomic mass is 9.61. The van der Waals surface area contributed by atoms with Crippen LogP contribution in [-0.4, -0.2) is 0 Å². The molecule has 0 heteroatoms. The molecule has 0 aliphatic carbocycles. The predicted molar refractivity (Wildman–Crippen MR) is 92.7 cm³/mol. The van der Waals surface area contributed by atoms with Gasteiger partial charge >= 0.3 is 0 Å². The van der Waals surface area contributed by atoms with Crippen LogP contribution in [0.5, 0.6) is 0 Å². The van der Waals surface area contributed by atoms with E-state index in [1.54, 1.807) is 0 Å². The molecule has 2 aromatic carbocycles. The molecule has 0 aliphatic heterocycles. The Morgan fingerprint density at radius 3 is 1.76 bits per heavy atom.